The molecule has 2 aromatic heterocycles. The molecule has 156 valence electrons. The molecule has 1 saturated heterocycles. The Balaban J connectivity index is 1.62. The first-order valence-corrected chi connectivity index (χ1v) is 10.0. The van der Waals surface area contributed by atoms with Gasteiger partial charge >= 0.3 is 0 Å². The number of methoxy groups -OCH3 is 1. The number of aromatic nitrogens is 3. The lowest BCUT2D eigenvalue weighted by molar-refractivity contribution is 0.264. The number of nitrogens with one attached hydrogen (secondary N) is 2. The minimum absolute atomic E-state index is 0.382. The van der Waals surface area contributed by atoms with Gasteiger partial charge < -0.3 is 26.0 Å². The van der Waals surface area contributed by atoms with Crippen molar-refractivity contribution in [2.75, 3.05) is 43.6 Å². The quantitative estimate of drug-likeness (QED) is 0.574. The first-order chi connectivity index (χ1) is 14.6. The number of nitrogens with two attached hydrogens (primary N) is 1. The van der Waals surface area contributed by atoms with Gasteiger partial charge in [0.15, 0.2) is 0 Å². The highest BCUT2D eigenvalue weighted by molar-refractivity contribution is 5.80. The Labute approximate surface area is 176 Å². The number of likely N-dealkylation sites (tertiary alicyclic amines) is 1. The molecule has 8 heteroatoms. The van der Waals surface area contributed by atoms with Crippen molar-refractivity contribution in [3.05, 3.63) is 48.9 Å². The molecule has 0 unspecified atom stereocenters. The van der Waals surface area contributed by atoms with Crippen molar-refractivity contribution in [3.63, 3.8) is 0 Å². The number of rotatable bonds is 6. The van der Waals surface area contributed by atoms with Crippen molar-refractivity contribution < 1.29 is 4.74 Å². The van der Waals surface area contributed by atoms with Crippen molar-refractivity contribution in [2.45, 2.75) is 18.9 Å². The molecule has 30 heavy (non-hydrogen) atoms. The van der Waals surface area contributed by atoms with E-state index in [4.69, 9.17) is 10.5 Å². The van der Waals surface area contributed by atoms with Gasteiger partial charge in [-0.3, -0.25) is 0 Å². The van der Waals surface area contributed by atoms with Gasteiger partial charge in [0.05, 0.1) is 19.5 Å². The van der Waals surface area contributed by atoms with E-state index in [0.717, 1.165) is 48.5 Å². The lowest BCUT2D eigenvalue weighted by atomic mass is 10.0. The van der Waals surface area contributed by atoms with Crippen LogP contribution in [0.15, 0.2) is 48.9 Å². The summed E-state index contributed by atoms with van der Waals surface area (Å²) in [6, 6.07) is 10.5. The predicted octanol–water partition coefficient (Wildman–Crippen LogP) is 3.38. The van der Waals surface area contributed by atoms with Crippen LogP contribution in [0.5, 0.6) is 5.75 Å². The molecule has 1 aromatic carbocycles. The Morgan fingerprint density at radius 1 is 1.00 bits per heavy atom. The van der Waals surface area contributed by atoms with Crippen molar-refractivity contribution in [2.24, 2.45) is 0 Å². The predicted molar refractivity (Wildman–Crippen MR) is 120 cm³/mol. The SMILES string of the molecule is COc1ccc(-c2cnc(Nc3cnc(N)cn3)cc2NC2CCN(C)CC2)cc1. The lowest BCUT2D eigenvalue weighted by Gasteiger charge is -2.30. The second-order valence-corrected chi connectivity index (χ2v) is 7.52. The second kappa shape index (κ2) is 8.96. The van der Waals surface area contributed by atoms with Crippen molar-refractivity contribution in [1.82, 2.24) is 19.9 Å². The first kappa shape index (κ1) is 19.9. The van der Waals surface area contributed by atoms with Gasteiger partial charge in [0.1, 0.15) is 23.2 Å². The summed E-state index contributed by atoms with van der Waals surface area (Å²) < 4.78 is 5.29. The molecule has 0 radical (unpaired) electrons. The van der Waals surface area contributed by atoms with E-state index >= 15 is 0 Å². The largest absolute Gasteiger partial charge is 0.497 e. The van der Waals surface area contributed by atoms with E-state index in [1.54, 1.807) is 13.3 Å². The minimum Gasteiger partial charge on any atom is -0.497 e. The van der Waals surface area contributed by atoms with Crippen LogP contribution in [-0.2, 0) is 0 Å². The number of ether oxygens (including phenoxy) is 1. The number of nitrogen functional groups attached to an aromatic ring is 1. The summed E-state index contributed by atoms with van der Waals surface area (Å²) >= 11 is 0. The van der Waals surface area contributed by atoms with Crippen LogP contribution in [0.3, 0.4) is 0 Å². The van der Waals surface area contributed by atoms with E-state index in [1.807, 2.05) is 36.5 Å². The van der Waals surface area contributed by atoms with Crippen LogP contribution in [0.1, 0.15) is 12.8 Å². The molecule has 3 heterocycles. The molecule has 0 amide bonds. The molecule has 0 aliphatic carbocycles. The molecule has 1 aliphatic heterocycles. The molecule has 0 atom stereocenters. The minimum atomic E-state index is 0.382. The van der Waals surface area contributed by atoms with Gasteiger partial charge in [0.2, 0.25) is 0 Å². The van der Waals surface area contributed by atoms with Crippen LogP contribution in [0.25, 0.3) is 11.1 Å². The highest BCUT2D eigenvalue weighted by atomic mass is 16.5. The molecule has 1 aliphatic rings. The molecule has 0 bridgehead atoms. The average Bonchev–Trinajstić information content (AvgIpc) is 2.77. The Hall–Kier alpha value is -3.39. The smallest absolute Gasteiger partial charge is 0.150 e. The maximum atomic E-state index is 5.62. The van der Waals surface area contributed by atoms with E-state index in [1.165, 1.54) is 6.20 Å². The maximum Gasteiger partial charge on any atom is 0.150 e. The third-order valence-electron chi connectivity index (χ3n) is 5.31. The summed E-state index contributed by atoms with van der Waals surface area (Å²) in [5.41, 5.74) is 8.79. The third kappa shape index (κ3) is 4.77. The number of pyridine rings is 1. The van der Waals surface area contributed by atoms with E-state index in [2.05, 4.69) is 37.5 Å². The second-order valence-electron chi connectivity index (χ2n) is 7.52. The van der Waals surface area contributed by atoms with Crippen molar-refractivity contribution >= 4 is 23.1 Å². The number of hydrogen-bond donors (Lipinski definition) is 3. The molecule has 1 fully saturated rings. The van der Waals surface area contributed by atoms with E-state index in [-0.39, 0.29) is 0 Å². The van der Waals surface area contributed by atoms with Gasteiger partial charge in [0, 0.05) is 29.6 Å². The van der Waals surface area contributed by atoms with Gasteiger partial charge in [0.25, 0.3) is 0 Å². The van der Waals surface area contributed by atoms with Gasteiger partial charge in [-0.2, -0.15) is 0 Å². The summed E-state index contributed by atoms with van der Waals surface area (Å²) in [5, 5.41) is 6.94. The number of hydrogen-bond acceptors (Lipinski definition) is 8. The average molecular weight is 406 g/mol. The van der Waals surface area contributed by atoms with Gasteiger partial charge in [-0.1, -0.05) is 12.1 Å². The fourth-order valence-corrected chi connectivity index (χ4v) is 3.55. The standard InChI is InChI=1S/C22H27N7O/c1-29-9-7-16(8-10-29)27-19-11-21(28-22-14-24-20(23)13-26-22)25-12-18(19)15-3-5-17(30-2)6-4-15/h3-6,11-14,16H,7-10H2,1-2H3,(H2,23,24)(H2,25,26,27,28). The Bertz CT molecular complexity index is 968. The fraction of sp³-hybridized carbons (Fsp3) is 0.318. The van der Waals surface area contributed by atoms with E-state index in [9.17, 15) is 0 Å². The lowest BCUT2D eigenvalue weighted by Crippen LogP contribution is -2.36. The molecule has 0 spiro atoms. The van der Waals surface area contributed by atoms with E-state index in [0.29, 0.717) is 23.5 Å². The summed E-state index contributed by atoms with van der Waals surface area (Å²) in [5.74, 6) is 2.51. The molecule has 4 rings (SSSR count). The molecular formula is C22H27N7O. The van der Waals surface area contributed by atoms with Crippen LogP contribution < -0.4 is 21.1 Å². The normalized spacial score (nSPS) is 15.0. The zero-order chi connectivity index (χ0) is 20.9. The Morgan fingerprint density at radius 3 is 2.40 bits per heavy atom. The van der Waals surface area contributed by atoms with Gasteiger partial charge in [-0.15, -0.1) is 0 Å². The third-order valence-corrected chi connectivity index (χ3v) is 5.31. The van der Waals surface area contributed by atoms with Crippen molar-refractivity contribution in [3.8, 4) is 16.9 Å². The topological polar surface area (TPSA) is 101 Å². The fourth-order valence-electron chi connectivity index (χ4n) is 3.55. The van der Waals surface area contributed by atoms with Gasteiger partial charge in [-0.05, 0) is 50.7 Å². The molecule has 0 saturated carbocycles. The van der Waals surface area contributed by atoms with Crippen LogP contribution in [0.2, 0.25) is 0 Å². The molecule has 3 aromatic rings. The Morgan fingerprint density at radius 2 is 1.73 bits per heavy atom. The molecule has 4 N–H and O–H groups in total. The van der Waals surface area contributed by atoms with Crippen LogP contribution in [-0.4, -0.2) is 53.1 Å². The van der Waals surface area contributed by atoms with Crippen molar-refractivity contribution in [1.29, 1.82) is 0 Å². The molecule has 8 nitrogen and oxygen atoms in total. The highest BCUT2D eigenvalue weighted by Gasteiger charge is 2.18. The van der Waals surface area contributed by atoms with E-state index < -0.39 is 0 Å². The zero-order valence-electron chi connectivity index (χ0n) is 17.3. The number of nitrogens with zero attached hydrogens (tertiary/aromatic N) is 4. The summed E-state index contributed by atoms with van der Waals surface area (Å²) in [6.07, 6.45) is 7.20. The summed E-state index contributed by atoms with van der Waals surface area (Å²) in [4.78, 5) is 15.3. The van der Waals surface area contributed by atoms with Crippen LogP contribution in [0, 0.1) is 0 Å². The highest BCUT2D eigenvalue weighted by Crippen LogP contribution is 2.32. The van der Waals surface area contributed by atoms with Crippen LogP contribution in [0.4, 0.5) is 23.1 Å². The Kier molecular flexibility index (Phi) is 5.94. The number of benzene rings is 1. The summed E-state index contributed by atoms with van der Waals surface area (Å²) in [7, 11) is 3.84. The molecular weight excluding hydrogens is 378 g/mol. The zero-order valence-corrected chi connectivity index (χ0v) is 17.3. The van der Waals surface area contributed by atoms with Crippen LogP contribution >= 0.6 is 0 Å². The monoisotopic (exact) mass is 405 g/mol. The summed E-state index contributed by atoms with van der Waals surface area (Å²) in [6.45, 7) is 2.18. The first-order valence-electron chi connectivity index (χ1n) is 10.0. The number of piperidine rings is 1. The van der Waals surface area contributed by atoms with Gasteiger partial charge in [-0.25, -0.2) is 15.0 Å². The number of anilines is 4. The maximum absolute atomic E-state index is 5.62.